The maximum absolute atomic E-state index is 11.2. The predicted octanol–water partition coefficient (Wildman–Crippen LogP) is -0.0245. The van der Waals surface area contributed by atoms with Crippen LogP contribution in [0.15, 0.2) is 18.2 Å². The number of nitrogen functional groups attached to an aromatic ring is 1. The van der Waals surface area contributed by atoms with Gasteiger partial charge in [0, 0.05) is 23.6 Å². The molecule has 0 aliphatic rings. The van der Waals surface area contributed by atoms with Gasteiger partial charge in [0.25, 0.3) is 0 Å². The fraction of sp³-hybridized carbons (Fsp3) is 0.364. The van der Waals surface area contributed by atoms with Crippen LogP contribution in [0.25, 0.3) is 11.4 Å². The molecule has 2 aromatic rings. The third-order valence-corrected chi connectivity index (χ3v) is 3.55. The van der Waals surface area contributed by atoms with Crippen molar-refractivity contribution in [1.29, 1.82) is 0 Å². The minimum Gasteiger partial charge on any atom is -0.497 e. The van der Waals surface area contributed by atoms with E-state index in [0.29, 0.717) is 22.8 Å². The van der Waals surface area contributed by atoms with Crippen LogP contribution >= 0.6 is 0 Å². The van der Waals surface area contributed by atoms with Gasteiger partial charge in [-0.2, -0.15) is 0 Å². The van der Waals surface area contributed by atoms with Crippen LogP contribution in [0.3, 0.4) is 0 Å². The lowest BCUT2D eigenvalue weighted by atomic mass is 10.2. The summed E-state index contributed by atoms with van der Waals surface area (Å²) in [6.45, 7) is 0.179. The second-order valence-corrected chi connectivity index (χ2v) is 6.61. The summed E-state index contributed by atoms with van der Waals surface area (Å²) in [5.74, 6) is 0.988. The summed E-state index contributed by atoms with van der Waals surface area (Å²) in [5, 5.41) is 11.3. The first-order valence-electron chi connectivity index (χ1n) is 5.78. The number of anilines is 1. The Morgan fingerprint density at radius 2 is 2.10 bits per heavy atom. The first-order valence-corrected chi connectivity index (χ1v) is 7.84. The van der Waals surface area contributed by atoms with E-state index in [1.807, 2.05) is 0 Å². The Kier molecular flexibility index (Phi) is 3.89. The molecule has 0 aliphatic heterocycles. The zero-order valence-electron chi connectivity index (χ0n) is 11.1. The zero-order valence-corrected chi connectivity index (χ0v) is 12.0. The lowest BCUT2D eigenvalue weighted by Crippen LogP contribution is -2.13. The number of aromatic nitrogens is 4. The van der Waals surface area contributed by atoms with E-state index in [2.05, 4.69) is 15.5 Å². The fourth-order valence-electron chi connectivity index (χ4n) is 1.68. The molecule has 0 amide bonds. The first-order chi connectivity index (χ1) is 9.39. The van der Waals surface area contributed by atoms with Crippen LogP contribution in [-0.4, -0.2) is 47.7 Å². The van der Waals surface area contributed by atoms with E-state index in [9.17, 15) is 8.42 Å². The average molecular weight is 297 g/mol. The Labute approximate surface area is 116 Å². The molecule has 0 saturated heterocycles. The summed E-state index contributed by atoms with van der Waals surface area (Å²) >= 11 is 0. The lowest BCUT2D eigenvalue weighted by molar-refractivity contribution is 0.415. The minimum absolute atomic E-state index is 0.0372. The van der Waals surface area contributed by atoms with Crippen LogP contribution in [0, 0.1) is 0 Å². The van der Waals surface area contributed by atoms with Crippen LogP contribution in [0.1, 0.15) is 0 Å². The normalized spacial score (nSPS) is 11.5. The number of nitrogens with zero attached hydrogens (tertiary/aromatic N) is 4. The van der Waals surface area contributed by atoms with E-state index < -0.39 is 9.84 Å². The van der Waals surface area contributed by atoms with Crippen LogP contribution in [-0.2, 0) is 16.4 Å². The summed E-state index contributed by atoms with van der Waals surface area (Å²) in [7, 11) is -1.55. The van der Waals surface area contributed by atoms with Gasteiger partial charge in [-0.05, 0) is 22.6 Å². The molecule has 1 heterocycles. The van der Waals surface area contributed by atoms with E-state index >= 15 is 0 Å². The van der Waals surface area contributed by atoms with Crippen LogP contribution < -0.4 is 10.5 Å². The topological polar surface area (TPSA) is 113 Å². The van der Waals surface area contributed by atoms with Gasteiger partial charge < -0.3 is 10.5 Å². The SMILES string of the molecule is COc1cc(N)cc(-c2nnnn2CCS(C)(=O)=O)c1. The number of tetrazole rings is 1. The maximum Gasteiger partial charge on any atom is 0.182 e. The van der Waals surface area contributed by atoms with Crippen molar-refractivity contribution >= 4 is 15.5 Å². The second kappa shape index (κ2) is 5.45. The third kappa shape index (κ3) is 3.44. The summed E-state index contributed by atoms with van der Waals surface area (Å²) in [6, 6.07) is 5.11. The Bertz CT molecular complexity index is 711. The van der Waals surface area contributed by atoms with Crippen molar-refractivity contribution < 1.29 is 13.2 Å². The van der Waals surface area contributed by atoms with Gasteiger partial charge in [0.1, 0.15) is 15.6 Å². The predicted molar refractivity (Wildman–Crippen MR) is 73.9 cm³/mol. The van der Waals surface area contributed by atoms with Gasteiger partial charge in [0.05, 0.1) is 19.4 Å². The number of rotatable bonds is 5. The number of ether oxygens (including phenoxy) is 1. The van der Waals surface area contributed by atoms with Gasteiger partial charge in [0.2, 0.25) is 0 Å². The number of benzene rings is 1. The molecule has 9 heteroatoms. The van der Waals surface area contributed by atoms with E-state index in [0.717, 1.165) is 0 Å². The van der Waals surface area contributed by atoms with Crippen molar-refractivity contribution in [3.05, 3.63) is 18.2 Å². The number of methoxy groups -OCH3 is 1. The molecule has 0 spiro atoms. The van der Waals surface area contributed by atoms with Crippen molar-refractivity contribution in [1.82, 2.24) is 20.2 Å². The molecule has 0 atom stereocenters. The number of aryl methyl sites for hydroxylation is 1. The van der Waals surface area contributed by atoms with Crippen molar-refractivity contribution in [2.75, 3.05) is 24.9 Å². The Morgan fingerprint density at radius 1 is 1.35 bits per heavy atom. The molecule has 0 bridgehead atoms. The van der Waals surface area contributed by atoms with Gasteiger partial charge in [-0.25, -0.2) is 13.1 Å². The van der Waals surface area contributed by atoms with Crippen LogP contribution in [0.2, 0.25) is 0 Å². The van der Waals surface area contributed by atoms with E-state index in [-0.39, 0.29) is 12.3 Å². The highest BCUT2D eigenvalue weighted by Gasteiger charge is 2.12. The van der Waals surface area contributed by atoms with Gasteiger partial charge in [0.15, 0.2) is 5.82 Å². The summed E-state index contributed by atoms with van der Waals surface area (Å²) in [5.41, 5.74) is 6.96. The number of nitrogens with two attached hydrogens (primary N) is 1. The first kappa shape index (κ1) is 14.3. The van der Waals surface area contributed by atoms with Gasteiger partial charge in [-0.1, -0.05) is 0 Å². The molecule has 20 heavy (non-hydrogen) atoms. The Balaban J connectivity index is 2.34. The van der Waals surface area contributed by atoms with Crippen molar-refractivity contribution in [2.24, 2.45) is 0 Å². The Morgan fingerprint density at radius 3 is 2.75 bits per heavy atom. The zero-order chi connectivity index (χ0) is 14.8. The molecule has 2 rings (SSSR count). The van der Waals surface area contributed by atoms with E-state index in [1.165, 1.54) is 18.0 Å². The molecule has 108 valence electrons. The summed E-state index contributed by atoms with van der Waals surface area (Å²) in [6.07, 6.45) is 1.17. The minimum atomic E-state index is -3.09. The summed E-state index contributed by atoms with van der Waals surface area (Å²) < 4.78 is 29.0. The fourth-order valence-corrected chi connectivity index (χ4v) is 2.19. The number of sulfone groups is 1. The molecule has 8 nitrogen and oxygen atoms in total. The maximum atomic E-state index is 11.2. The quantitative estimate of drug-likeness (QED) is 0.771. The smallest absolute Gasteiger partial charge is 0.182 e. The third-order valence-electron chi connectivity index (χ3n) is 2.63. The molecule has 1 aromatic heterocycles. The standard InChI is InChI=1S/C11H15N5O3S/c1-19-10-6-8(5-9(12)7-10)11-13-14-15-16(11)3-4-20(2,17)18/h5-7H,3-4,12H2,1-2H3. The molecule has 0 saturated carbocycles. The van der Waals surface area contributed by atoms with Crippen molar-refractivity contribution in [3.63, 3.8) is 0 Å². The molecule has 0 aliphatic carbocycles. The van der Waals surface area contributed by atoms with Gasteiger partial charge in [-0.3, -0.25) is 0 Å². The van der Waals surface area contributed by atoms with E-state index in [4.69, 9.17) is 10.5 Å². The number of hydrogen-bond donors (Lipinski definition) is 1. The molecule has 2 N–H and O–H groups in total. The molecule has 0 radical (unpaired) electrons. The van der Waals surface area contributed by atoms with Crippen LogP contribution in [0.4, 0.5) is 5.69 Å². The highest BCUT2D eigenvalue weighted by Crippen LogP contribution is 2.25. The molecule has 0 fully saturated rings. The number of hydrogen-bond acceptors (Lipinski definition) is 7. The van der Waals surface area contributed by atoms with Gasteiger partial charge in [-0.15, -0.1) is 5.10 Å². The van der Waals surface area contributed by atoms with E-state index in [1.54, 1.807) is 18.2 Å². The van der Waals surface area contributed by atoms with Gasteiger partial charge >= 0.3 is 0 Å². The van der Waals surface area contributed by atoms with Crippen molar-refractivity contribution in [2.45, 2.75) is 6.54 Å². The van der Waals surface area contributed by atoms with Crippen LogP contribution in [0.5, 0.6) is 5.75 Å². The monoisotopic (exact) mass is 297 g/mol. The highest BCUT2D eigenvalue weighted by atomic mass is 32.2. The average Bonchev–Trinajstić information content (AvgIpc) is 2.83. The lowest BCUT2D eigenvalue weighted by Gasteiger charge is -2.07. The molecular formula is C11H15N5O3S. The molecule has 0 unspecified atom stereocenters. The second-order valence-electron chi connectivity index (χ2n) is 4.35. The largest absolute Gasteiger partial charge is 0.497 e. The molecular weight excluding hydrogens is 282 g/mol. The summed E-state index contributed by atoms with van der Waals surface area (Å²) in [4.78, 5) is 0. The Hall–Kier alpha value is -2.16. The highest BCUT2D eigenvalue weighted by molar-refractivity contribution is 7.90. The molecule has 1 aromatic carbocycles. The van der Waals surface area contributed by atoms with Crippen molar-refractivity contribution in [3.8, 4) is 17.1 Å².